The molecular weight excluding hydrogens is 234 g/mol. The molecule has 6 heteroatoms. The third kappa shape index (κ3) is 2.48. The zero-order chi connectivity index (χ0) is 13.0. The SMILES string of the molecule is COc1c(N(CCCO)C2CCC2)nc[nH]c1=O. The van der Waals surface area contributed by atoms with Crippen molar-refractivity contribution in [3.63, 3.8) is 0 Å². The van der Waals surface area contributed by atoms with Crippen LogP contribution in [0.1, 0.15) is 25.7 Å². The minimum atomic E-state index is -0.268. The molecular formula is C12H19N3O3. The Hall–Kier alpha value is -1.56. The average Bonchev–Trinajstić information content (AvgIpc) is 2.31. The van der Waals surface area contributed by atoms with Gasteiger partial charge in [0.25, 0.3) is 5.56 Å². The van der Waals surface area contributed by atoms with Crippen LogP contribution in [-0.4, -0.2) is 41.4 Å². The van der Waals surface area contributed by atoms with Gasteiger partial charge in [0.1, 0.15) is 0 Å². The van der Waals surface area contributed by atoms with Crippen molar-refractivity contribution < 1.29 is 9.84 Å². The smallest absolute Gasteiger partial charge is 0.295 e. The first-order chi connectivity index (χ1) is 8.77. The fraction of sp³-hybridized carbons (Fsp3) is 0.667. The lowest BCUT2D eigenvalue weighted by Gasteiger charge is -2.38. The first-order valence-corrected chi connectivity index (χ1v) is 6.27. The molecule has 1 aromatic rings. The number of hydrogen-bond acceptors (Lipinski definition) is 5. The Labute approximate surface area is 106 Å². The van der Waals surface area contributed by atoms with E-state index in [-0.39, 0.29) is 17.9 Å². The molecule has 0 amide bonds. The van der Waals surface area contributed by atoms with E-state index in [0.29, 0.717) is 24.8 Å². The van der Waals surface area contributed by atoms with Gasteiger partial charge in [-0.3, -0.25) is 4.79 Å². The number of aliphatic hydroxyl groups excluding tert-OH is 1. The van der Waals surface area contributed by atoms with Crippen molar-refractivity contribution in [1.82, 2.24) is 9.97 Å². The summed E-state index contributed by atoms with van der Waals surface area (Å²) in [6.45, 7) is 0.822. The van der Waals surface area contributed by atoms with Crippen molar-refractivity contribution in [2.75, 3.05) is 25.2 Å². The standard InChI is InChI=1S/C12H19N3O3/c1-18-10-11(13-8-14-12(10)17)15(6-3-7-16)9-4-2-5-9/h8-9,16H,2-7H2,1H3,(H,13,14,17). The van der Waals surface area contributed by atoms with E-state index in [1.165, 1.54) is 19.9 Å². The highest BCUT2D eigenvalue weighted by Crippen LogP contribution is 2.31. The zero-order valence-corrected chi connectivity index (χ0v) is 10.6. The van der Waals surface area contributed by atoms with Gasteiger partial charge in [-0.2, -0.15) is 0 Å². The fourth-order valence-corrected chi connectivity index (χ4v) is 2.17. The number of hydrogen-bond donors (Lipinski definition) is 2. The summed E-state index contributed by atoms with van der Waals surface area (Å²) in [5.74, 6) is 0.835. The lowest BCUT2D eigenvalue weighted by Crippen LogP contribution is -2.42. The minimum Gasteiger partial charge on any atom is -0.489 e. The van der Waals surface area contributed by atoms with E-state index in [1.54, 1.807) is 0 Å². The molecule has 1 aromatic heterocycles. The van der Waals surface area contributed by atoms with Crippen molar-refractivity contribution in [3.05, 3.63) is 16.7 Å². The van der Waals surface area contributed by atoms with E-state index in [0.717, 1.165) is 12.8 Å². The summed E-state index contributed by atoms with van der Waals surface area (Å²) < 4.78 is 5.15. The zero-order valence-electron chi connectivity index (χ0n) is 10.6. The second kappa shape index (κ2) is 5.86. The third-order valence-corrected chi connectivity index (χ3v) is 3.34. The van der Waals surface area contributed by atoms with Crippen molar-refractivity contribution >= 4 is 5.82 Å². The Morgan fingerprint density at radius 2 is 2.39 bits per heavy atom. The Balaban J connectivity index is 2.28. The number of anilines is 1. The largest absolute Gasteiger partial charge is 0.489 e. The number of aromatic nitrogens is 2. The maximum atomic E-state index is 11.7. The number of ether oxygens (including phenoxy) is 1. The molecule has 0 unspecified atom stereocenters. The van der Waals surface area contributed by atoms with Gasteiger partial charge in [-0.1, -0.05) is 0 Å². The van der Waals surface area contributed by atoms with Gasteiger partial charge in [0.15, 0.2) is 5.82 Å². The Kier molecular flexibility index (Phi) is 4.19. The highest BCUT2D eigenvalue weighted by Gasteiger charge is 2.28. The Bertz CT molecular complexity index is 442. The highest BCUT2D eigenvalue weighted by molar-refractivity contribution is 5.51. The van der Waals surface area contributed by atoms with Crippen LogP contribution in [0.15, 0.2) is 11.1 Å². The molecule has 1 saturated carbocycles. The van der Waals surface area contributed by atoms with E-state index in [1.807, 2.05) is 0 Å². The van der Waals surface area contributed by atoms with Crippen LogP contribution in [0.25, 0.3) is 0 Å². The molecule has 1 aliphatic rings. The van der Waals surface area contributed by atoms with Gasteiger partial charge in [0.2, 0.25) is 5.75 Å². The van der Waals surface area contributed by atoms with Gasteiger partial charge in [-0.05, 0) is 25.7 Å². The molecule has 0 aliphatic heterocycles. The minimum absolute atomic E-state index is 0.134. The van der Waals surface area contributed by atoms with E-state index in [4.69, 9.17) is 9.84 Å². The molecule has 0 bridgehead atoms. The predicted molar refractivity (Wildman–Crippen MR) is 68.1 cm³/mol. The van der Waals surface area contributed by atoms with Gasteiger partial charge in [0.05, 0.1) is 13.4 Å². The summed E-state index contributed by atoms with van der Waals surface area (Å²) in [4.78, 5) is 20.5. The molecule has 6 nitrogen and oxygen atoms in total. The second-order valence-electron chi connectivity index (χ2n) is 4.44. The van der Waals surface area contributed by atoms with Crippen LogP contribution >= 0.6 is 0 Å². The monoisotopic (exact) mass is 253 g/mol. The molecule has 0 radical (unpaired) electrons. The van der Waals surface area contributed by atoms with Crippen LogP contribution in [0.2, 0.25) is 0 Å². The molecule has 0 aromatic carbocycles. The lowest BCUT2D eigenvalue weighted by molar-refractivity contribution is 0.282. The number of methoxy groups -OCH3 is 1. The Morgan fingerprint density at radius 3 is 2.94 bits per heavy atom. The highest BCUT2D eigenvalue weighted by atomic mass is 16.5. The summed E-state index contributed by atoms with van der Waals surface area (Å²) in [7, 11) is 1.47. The summed E-state index contributed by atoms with van der Waals surface area (Å²) in [6, 6.07) is 0.403. The van der Waals surface area contributed by atoms with Crippen molar-refractivity contribution in [3.8, 4) is 5.75 Å². The topological polar surface area (TPSA) is 78.5 Å². The van der Waals surface area contributed by atoms with E-state index >= 15 is 0 Å². The quantitative estimate of drug-likeness (QED) is 0.772. The summed E-state index contributed by atoms with van der Waals surface area (Å²) in [5, 5.41) is 8.97. The molecule has 1 fully saturated rings. The summed E-state index contributed by atoms with van der Waals surface area (Å²) in [5.41, 5.74) is -0.268. The van der Waals surface area contributed by atoms with Crippen LogP contribution in [0.3, 0.4) is 0 Å². The van der Waals surface area contributed by atoms with E-state index in [9.17, 15) is 4.79 Å². The second-order valence-corrected chi connectivity index (χ2v) is 4.44. The third-order valence-electron chi connectivity index (χ3n) is 3.34. The molecule has 100 valence electrons. The molecule has 0 atom stereocenters. The van der Waals surface area contributed by atoms with Gasteiger partial charge in [-0.25, -0.2) is 4.98 Å². The average molecular weight is 253 g/mol. The van der Waals surface area contributed by atoms with Crippen LogP contribution in [0.4, 0.5) is 5.82 Å². The first-order valence-electron chi connectivity index (χ1n) is 6.27. The number of H-pyrrole nitrogens is 1. The van der Waals surface area contributed by atoms with Crippen molar-refractivity contribution in [2.24, 2.45) is 0 Å². The fourth-order valence-electron chi connectivity index (χ4n) is 2.17. The van der Waals surface area contributed by atoms with Gasteiger partial charge in [-0.15, -0.1) is 0 Å². The summed E-state index contributed by atoms with van der Waals surface area (Å²) in [6.07, 6.45) is 5.46. The predicted octanol–water partition coefficient (Wildman–Crippen LogP) is 0.520. The molecule has 1 heterocycles. The number of nitrogens with zero attached hydrogens (tertiary/aromatic N) is 2. The number of aromatic amines is 1. The van der Waals surface area contributed by atoms with Gasteiger partial charge >= 0.3 is 0 Å². The van der Waals surface area contributed by atoms with Crippen LogP contribution in [0, 0.1) is 0 Å². The molecule has 18 heavy (non-hydrogen) atoms. The van der Waals surface area contributed by atoms with Crippen LogP contribution in [0.5, 0.6) is 5.75 Å². The first kappa shape index (κ1) is 12.9. The van der Waals surface area contributed by atoms with Crippen LogP contribution < -0.4 is 15.2 Å². The lowest BCUT2D eigenvalue weighted by atomic mass is 9.91. The van der Waals surface area contributed by atoms with Crippen LogP contribution in [-0.2, 0) is 0 Å². The summed E-state index contributed by atoms with van der Waals surface area (Å²) >= 11 is 0. The van der Waals surface area contributed by atoms with Crippen molar-refractivity contribution in [1.29, 1.82) is 0 Å². The van der Waals surface area contributed by atoms with Gasteiger partial charge in [0, 0.05) is 19.2 Å². The Morgan fingerprint density at radius 1 is 1.61 bits per heavy atom. The number of nitrogens with one attached hydrogen (secondary N) is 1. The van der Waals surface area contributed by atoms with E-state index < -0.39 is 0 Å². The normalized spacial score (nSPS) is 15.2. The van der Waals surface area contributed by atoms with Gasteiger partial charge < -0.3 is 19.7 Å². The number of rotatable bonds is 6. The maximum Gasteiger partial charge on any atom is 0.295 e. The molecule has 2 rings (SSSR count). The molecule has 0 saturated heterocycles. The van der Waals surface area contributed by atoms with Crippen molar-refractivity contribution in [2.45, 2.75) is 31.7 Å². The van der Waals surface area contributed by atoms with E-state index in [2.05, 4.69) is 14.9 Å². The molecule has 2 N–H and O–H groups in total. The molecule has 0 spiro atoms. The maximum absolute atomic E-state index is 11.7. The number of aliphatic hydroxyl groups is 1. The molecule has 1 aliphatic carbocycles.